The number of rotatable bonds is 6. The Morgan fingerprint density at radius 1 is 1.26 bits per heavy atom. The van der Waals surface area contributed by atoms with Crippen LogP contribution in [0.1, 0.15) is 41.9 Å². The molecular formula is C19H19N3O3S2. The number of aryl methyl sites for hydroxylation is 2. The van der Waals surface area contributed by atoms with Gasteiger partial charge in [-0.2, -0.15) is 0 Å². The lowest BCUT2D eigenvalue weighted by atomic mass is 10.1. The van der Waals surface area contributed by atoms with Gasteiger partial charge in [0.1, 0.15) is 17.4 Å². The summed E-state index contributed by atoms with van der Waals surface area (Å²) in [5, 5.41) is 6.17. The summed E-state index contributed by atoms with van der Waals surface area (Å²) >= 11 is 2.90. The third-order valence-electron chi connectivity index (χ3n) is 4.01. The second-order valence-electron chi connectivity index (χ2n) is 5.98. The van der Waals surface area contributed by atoms with Crippen molar-refractivity contribution in [1.82, 2.24) is 4.98 Å². The number of anilines is 1. The number of primary amides is 1. The van der Waals surface area contributed by atoms with E-state index in [1.807, 2.05) is 26.2 Å². The van der Waals surface area contributed by atoms with Crippen molar-refractivity contribution in [2.45, 2.75) is 27.4 Å². The molecule has 0 spiro atoms. The average molecular weight is 402 g/mol. The normalized spacial score (nSPS) is 10.6. The maximum Gasteiger partial charge on any atom is 0.256 e. The molecule has 140 valence electrons. The zero-order valence-corrected chi connectivity index (χ0v) is 16.8. The van der Waals surface area contributed by atoms with Crippen LogP contribution in [0.3, 0.4) is 0 Å². The number of hydrogen-bond donors (Lipinski definition) is 2. The molecule has 0 saturated carbocycles. The van der Waals surface area contributed by atoms with Gasteiger partial charge in [-0.1, -0.05) is 6.07 Å². The number of thiophene rings is 1. The molecule has 0 saturated heterocycles. The molecule has 1 aromatic carbocycles. The van der Waals surface area contributed by atoms with Crippen LogP contribution in [-0.2, 0) is 6.61 Å². The molecule has 0 unspecified atom stereocenters. The Bertz CT molecular complexity index is 1010. The summed E-state index contributed by atoms with van der Waals surface area (Å²) in [7, 11) is 0. The minimum atomic E-state index is -0.553. The fraction of sp³-hybridized carbons (Fsp3) is 0.211. The Morgan fingerprint density at radius 3 is 2.70 bits per heavy atom. The molecule has 0 fully saturated rings. The van der Waals surface area contributed by atoms with Gasteiger partial charge in [-0.15, -0.1) is 22.7 Å². The maximum absolute atomic E-state index is 12.6. The van der Waals surface area contributed by atoms with Crippen LogP contribution in [0.2, 0.25) is 0 Å². The van der Waals surface area contributed by atoms with Crippen LogP contribution < -0.4 is 15.8 Å². The first-order chi connectivity index (χ1) is 12.8. The Kier molecular flexibility index (Phi) is 5.57. The van der Waals surface area contributed by atoms with E-state index in [-0.39, 0.29) is 5.91 Å². The van der Waals surface area contributed by atoms with Gasteiger partial charge in [0.25, 0.3) is 11.8 Å². The Balaban J connectivity index is 1.74. The minimum Gasteiger partial charge on any atom is -0.487 e. The summed E-state index contributed by atoms with van der Waals surface area (Å²) in [5.74, 6) is -0.307. The van der Waals surface area contributed by atoms with Crippen LogP contribution >= 0.6 is 22.7 Å². The molecule has 3 rings (SSSR count). The highest BCUT2D eigenvalue weighted by molar-refractivity contribution is 7.16. The topological polar surface area (TPSA) is 94.3 Å². The first-order valence-electron chi connectivity index (χ1n) is 8.20. The van der Waals surface area contributed by atoms with Crippen molar-refractivity contribution in [2.24, 2.45) is 5.73 Å². The lowest BCUT2D eigenvalue weighted by Crippen LogP contribution is -2.17. The lowest BCUT2D eigenvalue weighted by molar-refractivity contribution is 0.100. The molecule has 0 aliphatic carbocycles. The van der Waals surface area contributed by atoms with Gasteiger partial charge in [-0.3, -0.25) is 9.59 Å². The summed E-state index contributed by atoms with van der Waals surface area (Å²) in [6, 6.07) is 6.87. The van der Waals surface area contributed by atoms with E-state index in [1.165, 1.54) is 11.3 Å². The predicted molar refractivity (Wildman–Crippen MR) is 108 cm³/mol. The van der Waals surface area contributed by atoms with E-state index in [1.54, 1.807) is 35.6 Å². The molecule has 8 heteroatoms. The van der Waals surface area contributed by atoms with Crippen molar-refractivity contribution in [1.29, 1.82) is 0 Å². The third-order valence-corrected chi connectivity index (χ3v) is 5.95. The molecule has 27 heavy (non-hydrogen) atoms. The van der Waals surface area contributed by atoms with Crippen LogP contribution in [0.4, 0.5) is 5.00 Å². The minimum absolute atomic E-state index is 0.325. The largest absolute Gasteiger partial charge is 0.487 e. The summed E-state index contributed by atoms with van der Waals surface area (Å²) in [6.07, 6.45) is 0. The summed E-state index contributed by atoms with van der Waals surface area (Å²) in [6.45, 7) is 5.98. The second kappa shape index (κ2) is 7.89. The number of ether oxygens (including phenoxy) is 1. The molecule has 0 bridgehead atoms. The van der Waals surface area contributed by atoms with Crippen LogP contribution in [0, 0.1) is 20.8 Å². The number of carbonyl (C=O) groups is 2. The summed E-state index contributed by atoms with van der Waals surface area (Å²) in [4.78, 5) is 29.6. The number of nitrogens with two attached hydrogens (primary N) is 1. The van der Waals surface area contributed by atoms with E-state index >= 15 is 0 Å². The van der Waals surface area contributed by atoms with E-state index in [2.05, 4.69) is 10.3 Å². The van der Waals surface area contributed by atoms with E-state index < -0.39 is 5.91 Å². The van der Waals surface area contributed by atoms with Gasteiger partial charge in [0, 0.05) is 15.8 Å². The van der Waals surface area contributed by atoms with Gasteiger partial charge in [-0.25, -0.2) is 4.98 Å². The fourth-order valence-electron chi connectivity index (χ4n) is 2.55. The number of nitrogens with zero attached hydrogens (tertiary/aromatic N) is 1. The molecule has 6 nitrogen and oxygen atoms in total. The van der Waals surface area contributed by atoms with E-state index in [0.29, 0.717) is 28.5 Å². The highest BCUT2D eigenvalue weighted by Crippen LogP contribution is 2.32. The van der Waals surface area contributed by atoms with Crippen LogP contribution in [0.5, 0.6) is 5.75 Å². The summed E-state index contributed by atoms with van der Waals surface area (Å²) in [5.41, 5.74) is 7.89. The SMILES string of the molecule is Cc1nc(COc2cccc(C(=O)Nc3sc(C)c(C)c3C(N)=O)c2)cs1. The zero-order valence-electron chi connectivity index (χ0n) is 15.2. The molecule has 0 aliphatic rings. The molecule has 3 aromatic rings. The van der Waals surface area contributed by atoms with Crippen molar-refractivity contribution in [3.63, 3.8) is 0 Å². The molecule has 2 heterocycles. The van der Waals surface area contributed by atoms with E-state index in [0.717, 1.165) is 21.1 Å². The summed E-state index contributed by atoms with van der Waals surface area (Å²) < 4.78 is 5.72. The quantitative estimate of drug-likeness (QED) is 0.651. The Morgan fingerprint density at radius 2 is 2.04 bits per heavy atom. The number of benzene rings is 1. The highest BCUT2D eigenvalue weighted by Gasteiger charge is 2.19. The number of aromatic nitrogens is 1. The molecule has 2 aromatic heterocycles. The van der Waals surface area contributed by atoms with Gasteiger partial charge < -0.3 is 15.8 Å². The molecule has 0 radical (unpaired) electrons. The second-order valence-corrected chi connectivity index (χ2v) is 8.27. The van der Waals surface area contributed by atoms with Crippen molar-refractivity contribution >= 4 is 39.5 Å². The van der Waals surface area contributed by atoms with E-state index in [4.69, 9.17) is 10.5 Å². The number of carbonyl (C=O) groups excluding carboxylic acids is 2. The van der Waals surface area contributed by atoms with Crippen LogP contribution in [-0.4, -0.2) is 16.8 Å². The molecule has 0 atom stereocenters. The molecule has 0 aliphatic heterocycles. The smallest absolute Gasteiger partial charge is 0.256 e. The fourth-order valence-corrected chi connectivity index (χ4v) is 4.20. The van der Waals surface area contributed by atoms with Gasteiger partial charge >= 0.3 is 0 Å². The molecule has 3 N–H and O–H groups in total. The average Bonchev–Trinajstić information content (AvgIpc) is 3.16. The standard InChI is InChI=1S/C19H19N3O3S2/c1-10-11(2)27-19(16(10)17(20)23)22-18(24)13-5-4-6-15(7-13)25-8-14-9-26-12(3)21-14/h4-7,9H,8H2,1-3H3,(H2,20,23)(H,22,24). The van der Waals surface area contributed by atoms with Crippen LogP contribution in [0.25, 0.3) is 0 Å². The molecular weight excluding hydrogens is 382 g/mol. The van der Waals surface area contributed by atoms with Crippen molar-refractivity contribution in [3.8, 4) is 5.75 Å². The third kappa shape index (κ3) is 4.35. The van der Waals surface area contributed by atoms with Crippen molar-refractivity contribution in [3.05, 3.63) is 61.9 Å². The maximum atomic E-state index is 12.6. The first kappa shape index (κ1) is 19.1. The van der Waals surface area contributed by atoms with E-state index in [9.17, 15) is 9.59 Å². The van der Waals surface area contributed by atoms with Gasteiger partial charge in [0.2, 0.25) is 0 Å². The Labute approximate surface area is 165 Å². The highest BCUT2D eigenvalue weighted by atomic mass is 32.1. The molecule has 2 amide bonds. The predicted octanol–water partition coefficient (Wildman–Crippen LogP) is 4.06. The van der Waals surface area contributed by atoms with Crippen molar-refractivity contribution in [2.75, 3.05) is 5.32 Å². The van der Waals surface area contributed by atoms with Gasteiger partial charge in [-0.05, 0) is 44.5 Å². The zero-order chi connectivity index (χ0) is 19.6. The number of nitrogens with one attached hydrogen (secondary N) is 1. The number of amides is 2. The first-order valence-corrected chi connectivity index (χ1v) is 9.89. The number of thiazole rings is 1. The van der Waals surface area contributed by atoms with Gasteiger partial charge in [0.15, 0.2) is 0 Å². The monoisotopic (exact) mass is 401 g/mol. The lowest BCUT2D eigenvalue weighted by Gasteiger charge is -2.08. The Hall–Kier alpha value is -2.71. The van der Waals surface area contributed by atoms with Gasteiger partial charge in [0.05, 0.1) is 16.3 Å². The van der Waals surface area contributed by atoms with Crippen molar-refractivity contribution < 1.29 is 14.3 Å². The van der Waals surface area contributed by atoms with Crippen LogP contribution in [0.15, 0.2) is 29.6 Å². The number of hydrogen-bond acceptors (Lipinski definition) is 6.